The second-order valence-corrected chi connectivity index (χ2v) is 3.82. The summed E-state index contributed by atoms with van der Waals surface area (Å²) in [7, 11) is 1.50. The van der Waals surface area contributed by atoms with Gasteiger partial charge in [-0.2, -0.15) is 0 Å². The number of carbonyl (C=O) groups is 1. The first-order chi connectivity index (χ1) is 8.72. The highest BCUT2D eigenvalue weighted by atomic mass is 16.5. The van der Waals surface area contributed by atoms with Crippen molar-refractivity contribution < 1.29 is 19.4 Å². The highest BCUT2D eigenvalue weighted by Crippen LogP contribution is 2.08. The molecular weight excluding hydrogens is 234 g/mol. The van der Waals surface area contributed by atoms with Gasteiger partial charge in [0.25, 0.3) is 0 Å². The molecule has 0 saturated carbocycles. The lowest BCUT2D eigenvalue weighted by atomic mass is 10.3. The van der Waals surface area contributed by atoms with Crippen LogP contribution in [0.15, 0.2) is 30.3 Å². The first-order valence-corrected chi connectivity index (χ1v) is 5.84. The van der Waals surface area contributed by atoms with Crippen LogP contribution in [0.5, 0.6) is 5.75 Å². The zero-order valence-corrected chi connectivity index (χ0v) is 10.5. The number of ether oxygens (including phenoxy) is 2. The van der Waals surface area contributed by atoms with Gasteiger partial charge in [0.2, 0.25) is 5.91 Å². The van der Waals surface area contributed by atoms with E-state index in [-0.39, 0.29) is 25.5 Å². The monoisotopic (exact) mass is 253 g/mol. The maximum absolute atomic E-state index is 11.4. The van der Waals surface area contributed by atoms with Gasteiger partial charge in [0.05, 0.1) is 25.7 Å². The smallest absolute Gasteiger partial charge is 0.223 e. The van der Waals surface area contributed by atoms with E-state index in [0.717, 1.165) is 5.75 Å². The third-order valence-electron chi connectivity index (χ3n) is 2.23. The van der Waals surface area contributed by atoms with Gasteiger partial charge in [-0.1, -0.05) is 18.2 Å². The van der Waals surface area contributed by atoms with Crippen LogP contribution >= 0.6 is 0 Å². The van der Waals surface area contributed by atoms with Gasteiger partial charge in [-0.05, 0) is 12.1 Å². The highest BCUT2D eigenvalue weighted by Gasteiger charge is 2.06. The fourth-order valence-corrected chi connectivity index (χ4v) is 1.35. The zero-order valence-electron chi connectivity index (χ0n) is 10.5. The first-order valence-electron chi connectivity index (χ1n) is 5.84. The van der Waals surface area contributed by atoms with E-state index in [1.54, 1.807) is 0 Å². The summed E-state index contributed by atoms with van der Waals surface area (Å²) in [5.74, 6) is 0.589. The molecule has 0 radical (unpaired) electrons. The Balaban J connectivity index is 2.10. The second kappa shape index (κ2) is 8.49. The van der Waals surface area contributed by atoms with Crippen LogP contribution < -0.4 is 10.1 Å². The van der Waals surface area contributed by atoms with Crippen LogP contribution in [-0.2, 0) is 9.53 Å². The Morgan fingerprint density at radius 2 is 2.11 bits per heavy atom. The summed E-state index contributed by atoms with van der Waals surface area (Å²) in [4.78, 5) is 11.4. The number of methoxy groups -OCH3 is 1. The van der Waals surface area contributed by atoms with Gasteiger partial charge in [-0.3, -0.25) is 4.79 Å². The Bertz CT molecular complexity index is 342. The molecule has 1 aromatic rings. The Labute approximate surface area is 107 Å². The molecule has 0 aromatic heterocycles. The molecule has 0 aliphatic carbocycles. The van der Waals surface area contributed by atoms with Crippen molar-refractivity contribution in [3.05, 3.63) is 30.3 Å². The van der Waals surface area contributed by atoms with E-state index in [0.29, 0.717) is 6.61 Å². The number of hydrogen-bond acceptors (Lipinski definition) is 4. The number of nitrogens with one attached hydrogen (secondary N) is 1. The number of aliphatic hydroxyl groups is 1. The molecule has 1 atom stereocenters. The lowest BCUT2D eigenvalue weighted by Crippen LogP contribution is -2.34. The maximum Gasteiger partial charge on any atom is 0.223 e. The first kappa shape index (κ1) is 14.5. The Kier molecular flexibility index (Phi) is 6.83. The maximum atomic E-state index is 11.4. The number of para-hydroxylation sites is 1. The fraction of sp³-hybridized carbons (Fsp3) is 0.462. The fourth-order valence-electron chi connectivity index (χ4n) is 1.35. The van der Waals surface area contributed by atoms with E-state index in [1.165, 1.54) is 7.11 Å². The summed E-state index contributed by atoms with van der Waals surface area (Å²) in [5.41, 5.74) is 0. The van der Waals surface area contributed by atoms with Crippen molar-refractivity contribution in [1.29, 1.82) is 0 Å². The molecule has 1 aromatic carbocycles. The zero-order chi connectivity index (χ0) is 13.2. The third kappa shape index (κ3) is 6.22. The van der Waals surface area contributed by atoms with Gasteiger partial charge in [-0.15, -0.1) is 0 Å². The molecule has 5 nitrogen and oxygen atoms in total. The van der Waals surface area contributed by atoms with Gasteiger partial charge in [-0.25, -0.2) is 0 Å². The molecule has 1 amide bonds. The van der Waals surface area contributed by atoms with E-state index < -0.39 is 6.10 Å². The largest absolute Gasteiger partial charge is 0.493 e. The molecule has 1 rings (SSSR count). The van der Waals surface area contributed by atoms with Crippen molar-refractivity contribution in [2.45, 2.75) is 12.5 Å². The Morgan fingerprint density at radius 1 is 1.39 bits per heavy atom. The number of amides is 1. The van der Waals surface area contributed by atoms with Crippen LogP contribution in [-0.4, -0.2) is 44.0 Å². The summed E-state index contributed by atoms with van der Waals surface area (Å²) in [6, 6.07) is 9.31. The van der Waals surface area contributed by atoms with Crippen molar-refractivity contribution in [1.82, 2.24) is 5.32 Å². The predicted molar refractivity (Wildman–Crippen MR) is 67.4 cm³/mol. The van der Waals surface area contributed by atoms with E-state index >= 15 is 0 Å². The molecule has 0 saturated heterocycles. The SMILES string of the molecule is COCC(O)CNC(=O)CCOc1ccccc1. The minimum atomic E-state index is -0.672. The molecule has 2 N–H and O–H groups in total. The van der Waals surface area contributed by atoms with Gasteiger partial charge in [0.15, 0.2) is 0 Å². The Morgan fingerprint density at radius 3 is 2.78 bits per heavy atom. The second-order valence-electron chi connectivity index (χ2n) is 3.82. The lowest BCUT2D eigenvalue weighted by molar-refractivity contribution is -0.122. The minimum Gasteiger partial charge on any atom is -0.493 e. The van der Waals surface area contributed by atoms with Crippen molar-refractivity contribution in [2.24, 2.45) is 0 Å². The summed E-state index contributed by atoms with van der Waals surface area (Å²) in [6.07, 6.45) is -0.414. The van der Waals surface area contributed by atoms with Crippen LogP contribution in [0.25, 0.3) is 0 Å². The minimum absolute atomic E-state index is 0.152. The highest BCUT2D eigenvalue weighted by molar-refractivity contribution is 5.76. The normalized spacial score (nSPS) is 11.9. The molecule has 0 bridgehead atoms. The van der Waals surface area contributed by atoms with Crippen LogP contribution in [0.1, 0.15) is 6.42 Å². The average Bonchev–Trinajstić information content (AvgIpc) is 2.38. The molecule has 0 aliphatic rings. The number of aliphatic hydroxyl groups excluding tert-OH is 1. The van der Waals surface area contributed by atoms with E-state index in [2.05, 4.69) is 5.32 Å². The number of benzene rings is 1. The molecule has 100 valence electrons. The standard InChI is InChI=1S/C13H19NO4/c1-17-10-11(15)9-14-13(16)7-8-18-12-5-3-2-4-6-12/h2-6,11,15H,7-10H2,1H3,(H,14,16). The van der Waals surface area contributed by atoms with E-state index in [4.69, 9.17) is 9.47 Å². The molecule has 0 heterocycles. The quantitative estimate of drug-likeness (QED) is 0.711. The lowest BCUT2D eigenvalue weighted by Gasteiger charge is -2.11. The molecule has 0 aliphatic heterocycles. The molecular formula is C13H19NO4. The van der Waals surface area contributed by atoms with Crippen molar-refractivity contribution in [3.8, 4) is 5.75 Å². The van der Waals surface area contributed by atoms with Crippen molar-refractivity contribution >= 4 is 5.91 Å². The summed E-state index contributed by atoms with van der Waals surface area (Å²) in [5, 5.41) is 11.9. The summed E-state index contributed by atoms with van der Waals surface area (Å²) in [6.45, 7) is 0.717. The van der Waals surface area contributed by atoms with Crippen LogP contribution in [0.3, 0.4) is 0 Å². The van der Waals surface area contributed by atoms with Gasteiger partial charge in [0.1, 0.15) is 5.75 Å². The molecule has 5 heteroatoms. The van der Waals surface area contributed by atoms with E-state index in [1.807, 2.05) is 30.3 Å². The molecule has 18 heavy (non-hydrogen) atoms. The number of carbonyl (C=O) groups excluding carboxylic acids is 1. The topological polar surface area (TPSA) is 67.8 Å². The van der Waals surface area contributed by atoms with Gasteiger partial charge in [0, 0.05) is 13.7 Å². The van der Waals surface area contributed by atoms with E-state index in [9.17, 15) is 9.90 Å². The number of hydrogen-bond donors (Lipinski definition) is 2. The predicted octanol–water partition coefficient (Wildman–Crippen LogP) is 0.579. The van der Waals surface area contributed by atoms with Crippen molar-refractivity contribution in [3.63, 3.8) is 0 Å². The Hall–Kier alpha value is -1.59. The molecule has 0 spiro atoms. The number of rotatable bonds is 8. The van der Waals surface area contributed by atoms with Gasteiger partial charge >= 0.3 is 0 Å². The third-order valence-corrected chi connectivity index (χ3v) is 2.23. The molecule has 0 fully saturated rings. The van der Waals surface area contributed by atoms with Crippen molar-refractivity contribution in [2.75, 3.05) is 26.9 Å². The summed E-state index contributed by atoms with van der Waals surface area (Å²) < 4.78 is 10.1. The van der Waals surface area contributed by atoms with Gasteiger partial charge < -0.3 is 19.9 Å². The van der Waals surface area contributed by atoms with Crippen LogP contribution in [0.4, 0.5) is 0 Å². The summed E-state index contributed by atoms with van der Waals surface area (Å²) >= 11 is 0. The van der Waals surface area contributed by atoms with Crippen LogP contribution in [0.2, 0.25) is 0 Å². The average molecular weight is 253 g/mol. The van der Waals surface area contributed by atoms with Crippen LogP contribution in [0, 0.1) is 0 Å². The molecule has 1 unspecified atom stereocenters.